The van der Waals surface area contributed by atoms with E-state index >= 15 is 0 Å². The summed E-state index contributed by atoms with van der Waals surface area (Å²) < 4.78 is 0. The molecule has 2 N–H and O–H groups in total. The van der Waals surface area contributed by atoms with Gasteiger partial charge in [-0.3, -0.25) is 9.78 Å². The first-order valence-corrected chi connectivity index (χ1v) is 6.81. The lowest BCUT2D eigenvalue weighted by Gasteiger charge is -2.27. The summed E-state index contributed by atoms with van der Waals surface area (Å²) in [5.41, 5.74) is 1.73. The predicted octanol–water partition coefficient (Wildman–Crippen LogP) is 0.579. The average Bonchev–Trinajstić information content (AvgIpc) is 2.85. The van der Waals surface area contributed by atoms with Crippen LogP contribution < -0.4 is 10.6 Å². The fourth-order valence-corrected chi connectivity index (χ4v) is 2.73. The lowest BCUT2D eigenvalue weighted by molar-refractivity contribution is 0.0675. The smallest absolute Gasteiger partial charge is 0.341 e. The van der Waals surface area contributed by atoms with Gasteiger partial charge in [0.15, 0.2) is 0 Å². The van der Waals surface area contributed by atoms with E-state index < -0.39 is 5.69 Å². The molecule has 21 heavy (non-hydrogen) atoms. The highest BCUT2D eigenvalue weighted by atomic mass is 16.2. The Morgan fingerprint density at radius 1 is 1.38 bits per heavy atom. The Morgan fingerprint density at radius 2 is 2.14 bits per heavy atom. The van der Waals surface area contributed by atoms with Crippen molar-refractivity contribution < 1.29 is 4.79 Å². The van der Waals surface area contributed by atoms with Crippen molar-refractivity contribution in [2.24, 2.45) is 0 Å². The summed E-state index contributed by atoms with van der Waals surface area (Å²) in [6.07, 6.45) is 0. The number of amides is 1. The first kappa shape index (κ1) is 13.4. The molecule has 1 aromatic carbocycles. The summed E-state index contributed by atoms with van der Waals surface area (Å²) in [5.74, 6) is -0.222. The van der Waals surface area contributed by atoms with Crippen molar-refractivity contribution in [3.63, 3.8) is 0 Å². The van der Waals surface area contributed by atoms with Crippen LogP contribution in [0.15, 0.2) is 29.1 Å². The van der Waals surface area contributed by atoms with Crippen molar-refractivity contribution in [2.75, 3.05) is 18.5 Å². The van der Waals surface area contributed by atoms with Crippen molar-refractivity contribution in [1.82, 2.24) is 20.1 Å². The standard InChI is InChI=1S/C14H17N5O2/c1-9-7-18(2)11-6-4-3-5-10(11)8-19(9)13(20)12-15-14(21)17-16-12/h3-6,9H,7-8H2,1-2H3,(H2,15,16,17,21)/t9-/m1/s1. The zero-order chi connectivity index (χ0) is 15.0. The van der Waals surface area contributed by atoms with Gasteiger partial charge in [0, 0.05) is 31.9 Å². The number of rotatable bonds is 1. The first-order chi connectivity index (χ1) is 10.1. The second-order valence-electron chi connectivity index (χ2n) is 5.32. The van der Waals surface area contributed by atoms with E-state index in [9.17, 15) is 9.59 Å². The van der Waals surface area contributed by atoms with Crippen LogP contribution in [0.2, 0.25) is 0 Å². The van der Waals surface area contributed by atoms with Gasteiger partial charge in [0.1, 0.15) is 0 Å². The number of carbonyl (C=O) groups excluding carboxylic acids is 1. The Morgan fingerprint density at radius 3 is 2.86 bits per heavy atom. The lowest BCUT2D eigenvalue weighted by Crippen LogP contribution is -2.42. The van der Waals surface area contributed by atoms with Crippen molar-refractivity contribution in [3.8, 4) is 0 Å². The van der Waals surface area contributed by atoms with Crippen molar-refractivity contribution in [2.45, 2.75) is 19.5 Å². The topological polar surface area (TPSA) is 85.1 Å². The first-order valence-electron chi connectivity index (χ1n) is 6.81. The highest BCUT2D eigenvalue weighted by molar-refractivity contribution is 5.90. The van der Waals surface area contributed by atoms with E-state index in [1.165, 1.54) is 0 Å². The molecular formula is C14H17N5O2. The fraction of sp³-hybridized carbons (Fsp3) is 0.357. The Kier molecular flexibility index (Phi) is 3.25. The number of benzene rings is 1. The SMILES string of the molecule is C[C@@H]1CN(C)c2ccccc2CN1C(=O)c1n[nH]c(=O)[nH]1. The van der Waals surface area contributed by atoms with Crippen molar-refractivity contribution >= 4 is 11.6 Å². The zero-order valence-electron chi connectivity index (χ0n) is 12.0. The highest BCUT2D eigenvalue weighted by Gasteiger charge is 2.29. The van der Waals surface area contributed by atoms with Gasteiger partial charge < -0.3 is 9.80 Å². The van der Waals surface area contributed by atoms with E-state index in [4.69, 9.17) is 0 Å². The average molecular weight is 287 g/mol. The van der Waals surface area contributed by atoms with Crippen LogP contribution in [-0.4, -0.2) is 45.6 Å². The minimum Gasteiger partial charge on any atom is -0.372 e. The van der Waals surface area contributed by atoms with Crippen LogP contribution in [0.3, 0.4) is 0 Å². The second-order valence-corrected chi connectivity index (χ2v) is 5.32. The molecule has 1 aliphatic rings. The summed E-state index contributed by atoms with van der Waals surface area (Å²) in [6, 6.07) is 8.02. The summed E-state index contributed by atoms with van der Waals surface area (Å²) in [4.78, 5) is 30.0. The van der Waals surface area contributed by atoms with Crippen LogP contribution in [0.5, 0.6) is 0 Å². The van der Waals surface area contributed by atoms with Crippen LogP contribution in [-0.2, 0) is 6.54 Å². The molecule has 0 bridgehead atoms. The van der Waals surface area contributed by atoms with Gasteiger partial charge in [-0.05, 0) is 18.6 Å². The number of H-pyrrole nitrogens is 2. The Balaban J connectivity index is 1.96. The quantitative estimate of drug-likeness (QED) is 0.803. The van der Waals surface area contributed by atoms with Crippen LogP contribution in [0.4, 0.5) is 5.69 Å². The van der Waals surface area contributed by atoms with Gasteiger partial charge in [0.05, 0.1) is 0 Å². The third-order valence-corrected chi connectivity index (χ3v) is 3.78. The van der Waals surface area contributed by atoms with Gasteiger partial charge >= 0.3 is 5.69 Å². The summed E-state index contributed by atoms with van der Waals surface area (Å²) in [7, 11) is 2.01. The van der Waals surface area contributed by atoms with Crippen LogP contribution >= 0.6 is 0 Å². The van der Waals surface area contributed by atoms with Gasteiger partial charge in [0.25, 0.3) is 5.91 Å². The summed E-state index contributed by atoms with van der Waals surface area (Å²) >= 11 is 0. The summed E-state index contributed by atoms with van der Waals surface area (Å²) in [6.45, 7) is 3.21. The number of carbonyl (C=O) groups is 1. The van der Waals surface area contributed by atoms with E-state index in [1.807, 2.05) is 38.2 Å². The van der Waals surface area contributed by atoms with Crippen LogP contribution in [0, 0.1) is 0 Å². The Labute approximate surface area is 121 Å². The maximum atomic E-state index is 12.5. The van der Waals surface area contributed by atoms with E-state index in [1.54, 1.807) is 4.90 Å². The van der Waals surface area contributed by atoms with Gasteiger partial charge in [-0.15, -0.1) is 5.10 Å². The Bertz CT molecular complexity index is 720. The number of aromatic amines is 2. The van der Waals surface area contributed by atoms with Crippen LogP contribution in [0.25, 0.3) is 0 Å². The number of fused-ring (bicyclic) bond motifs is 1. The molecule has 1 aliphatic heterocycles. The third kappa shape index (κ3) is 2.42. The molecule has 110 valence electrons. The highest BCUT2D eigenvalue weighted by Crippen LogP contribution is 2.26. The maximum absolute atomic E-state index is 12.5. The molecule has 0 saturated carbocycles. The fourth-order valence-electron chi connectivity index (χ4n) is 2.73. The monoisotopic (exact) mass is 287 g/mol. The molecular weight excluding hydrogens is 270 g/mol. The van der Waals surface area contributed by atoms with Gasteiger partial charge in [-0.2, -0.15) is 0 Å². The zero-order valence-corrected chi connectivity index (χ0v) is 12.0. The molecule has 1 atom stereocenters. The molecule has 2 aromatic rings. The summed E-state index contributed by atoms with van der Waals surface area (Å²) in [5, 5.41) is 5.96. The molecule has 7 heteroatoms. The van der Waals surface area contributed by atoms with Crippen LogP contribution in [0.1, 0.15) is 23.1 Å². The number of nitrogens with zero attached hydrogens (tertiary/aromatic N) is 3. The number of hydrogen-bond acceptors (Lipinski definition) is 4. The number of para-hydroxylation sites is 1. The number of hydrogen-bond donors (Lipinski definition) is 2. The van der Waals surface area contributed by atoms with Gasteiger partial charge in [-0.1, -0.05) is 18.2 Å². The number of nitrogens with one attached hydrogen (secondary N) is 2. The molecule has 0 radical (unpaired) electrons. The van der Waals surface area contributed by atoms with Crippen molar-refractivity contribution in [1.29, 1.82) is 0 Å². The van der Waals surface area contributed by atoms with Gasteiger partial charge in [0.2, 0.25) is 5.82 Å². The molecule has 3 rings (SSSR count). The molecule has 1 aromatic heterocycles. The normalized spacial score (nSPS) is 18.3. The molecule has 0 fully saturated rings. The molecule has 2 heterocycles. The Hall–Kier alpha value is -2.57. The molecule has 1 amide bonds. The molecule has 0 spiro atoms. The minimum absolute atomic E-state index is 0.00935. The second kappa shape index (κ2) is 5.08. The molecule has 0 unspecified atom stereocenters. The van der Waals surface area contributed by atoms with Gasteiger partial charge in [-0.25, -0.2) is 9.89 Å². The third-order valence-electron chi connectivity index (χ3n) is 3.78. The number of aromatic nitrogens is 3. The van der Waals surface area contributed by atoms with E-state index in [-0.39, 0.29) is 17.8 Å². The molecule has 0 saturated heterocycles. The van der Waals surface area contributed by atoms with Crippen molar-refractivity contribution in [3.05, 3.63) is 46.1 Å². The predicted molar refractivity (Wildman–Crippen MR) is 78.3 cm³/mol. The molecule has 7 nitrogen and oxygen atoms in total. The molecule has 0 aliphatic carbocycles. The largest absolute Gasteiger partial charge is 0.372 e. The van der Waals surface area contributed by atoms with E-state index in [0.717, 1.165) is 17.8 Å². The lowest BCUT2D eigenvalue weighted by atomic mass is 10.1. The number of anilines is 1. The minimum atomic E-state index is -0.474. The van der Waals surface area contributed by atoms with E-state index in [0.29, 0.717) is 6.54 Å². The maximum Gasteiger partial charge on any atom is 0.341 e. The number of likely N-dealkylation sites (N-methyl/N-ethyl adjacent to an activating group) is 1. The van der Waals surface area contributed by atoms with E-state index in [2.05, 4.69) is 20.1 Å².